The zero-order chi connectivity index (χ0) is 18.5. The molecule has 2 aromatic carbocycles. The minimum atomic E-state index is -0.161. The number of hydrogen-bond acceptors (Lipinski definition) is 4. The number of aromatic amines is 1. The molecular weight excluding hydrogens is 328 g/mol. The lowest BCUT2D eigenvalue weighted by Crippen LogP contribution is -2.34. The number of nitrogens with one attached hydrogen (secondary N) is 2. The first-order chi connectivity index (χ1) is 12.6. The summed E-state index contributed by atoms with van der Waals surface area (Å²) < 4.78 is 0. The normalized spacial score (nSPS) is 11.0. The van der Waals surface area contributed by atoms with Crippen LogP contribution in [-0.2, 0) is 11.3 Å². The molecule has 0 saturated heterocycles. The highest BCUT2D eigenvalue weighted by Crippen LogP contribution is 2.13. The molecule has 0 radical (unpaired) electrons. The minimum Gasteiger partial charge on any atom is -0.325 e. The first kappa shape index (κ1) is 17.8. The standard InChI is InChI=1S/C20H22N4O2/c1-3-24(13-19(25)22-16-10-6-4-8-14(16)2)12-18-21-17-11-7-5-9-15(17)20(26)23-18/h4-11H,3,12-13H2,1-2H3,(H,22,25)(H,21,23,26). The van der Waals surface area contributed by atoms with E-state index in [2.05, 4.69) is 15.3 Å². The Labute approximate surface area is 151 Å². The van der Waals surface area contributed by atoms with Crippen LogP contribution in [0.1, 0.15) is 18.3 Å². The minimum absolute atomic E-state index is 0.0933. The molecule has 0 fully saturated rings. The number of carbonyl (C=O) groups is 1. The predicted molar refractivity (Wildman–Crippen MR) is 103 cm³/mol. The molecule has 0 aliphatic rings. The third kappa shape index (κ3) is 4.15. The Balaban J connectivity index is 1.70. The number of likely N-dealkylation sites (N-methyl/N-ethyl adjacent to an activating group) is 1. The van der Waals surface area contributed by atoms with Crippen LogP contribution in [0.15, 0.2) is 53.3 Å². The van der Waals surface area contributed by atoms with Crippen LogP contribution in [0.5, 0.6) is 0 Å². The lowest BCUT2D eigenvalue weighted by atomic mass is 10.2. The van der Waals surface area contributed by atoms with Gasteiger partial charge in [-0.1, -0.05) is 37.3 Å². The average molecular weight is 350 g/mol. The molecule has 3 rings (SSSR count). The van der Waals surface area contributed by atoms with Crippen molar-refractivity contribution in [3.05, 3.63) is 70.3 Å². The van der Waals surface area contributed by atoms with E-state index in [0.717, 1.165) is 11.3 Å². The van der Waals surface area contributed by atoms with Crippen LogP contribution in [0, 0.1) is 6.92 Å². The molecule has 134 valence electrons. The van der Waals surface area contributed by atoms with E-state index < -0.39 is 0 Å². The number of para-hydroxylation sites is 2. The Morgan fingerprint density at radius 2 is 1.88 bits per heavy atom. The Morgan fingerprint density at radius 1 is 1.15 bits per heavy atom. The monoisotopic (exact) mass is 350 g/mol. The number of anilines is 1. The van der Waals surface area contributed by atoms with Crippen LogP contribution in [0.3, 0.4) is 0 Å². The zero-order valence-corrected chi connectivity index (χ0v) is 15.0. The second kappa shape index (κ2) is 7.93. The quantitative estimate of drug-likeness (QED) is 0.716. The van der Waals surface area contributed by atoms with Crippen molar-refractivity contribution in [2.75, 3.05) is 18.4 Å². The highest BCUT2D eigenvalue weighted by atomic mass is 16.2. The van der Waals surface area contributed by atoms with Crippen molar-refractivity contribution in [3.63, 3.8) is 0 Å². The molecule has 6 heteroatoms. The van der Waals surface area contributed by atoms with Crippen LogP contribution in [0.2, 0.25) is 0 Å². The van der Waals surface area contributed by atoms with Crippen LogP contribution in [-0.4, -0.2) is 33.9 Å². The van der Waals surface area contributed by atoms with E-state index in [-0.39, 0.29) is 18.0 Å². The first-order valence-corrected chi connectivity index (χ1v) is 8.62. The predicted octanol–water partition coefficient (Wildman–Crippen LogP) is 2.69. The average Bonchev–Trinajstić information content (AvgIpc) is 2.63. The molecule has 6 nitrogen and oxygen atoms in total. The zero-order valence-electron chi connectivity index (χ0n) is 15.0. The van der Waals surface area contributed by atoms with Gasteiger partial charge in [-0.25, -0.2) is 4.98 Å². The molecule has 0 bridgehead atoms. The largest absolute Gasteiger partial charge is 0.325 e. The van der Waals surface area contributed by atoms with Gasteiger partial charge in [0.15, 0.2) is 0 Å². The van der Waals surface area contributed by atoms with E-state index in [1.165, 1.54) is 0 Å². The maximum atomic E-state index is 12.4. The molecule has 1 aromatic heterocycles. The lowest BCUT2D eigenvalue weighted by molar-refractivity contribution is -0.117. The summed E-state index contributed by atoms with van der Waals surface area (Å²) in [6.07, 6.45) is 0. The fourth-order valence-corrected chi connectivity index (χ4v) is 2.81. The van der Waals surface area contributed by atoms with Gasteiger partial charge in [0.25, 0.3) is 5.56 Å². The molecule has 2 N–H and O–H groups in total. The van der Waals surface area contributed by atoms with Crippen molar-refractivity contribution in [2.24, 2.45) is 0 Å². The van der Waals surface area contributed by atoms with E-state index in [9.17, 15) is 9.59 Å². The Hall–Kier alpha value is -2.99. The number of carbonyl (C=O) groups excluding carboxylic acids is 1. The van der Waals surface area contributed by atoms with E-state index in [1.54, 1.807) is 6.07 Å². The highest BCUT2D eigenvalue weighted by Gasteiger charge is 2.13. The third-order valence-corrected chi connectivity index (χ3v) is 4.27. The number of hydrogen-bond donors (Lipinski definition) is 2. The molecule has 0 aliphatic carbocycles. The van der Waals surface area contributed by atoms with Gasteiger partial charge in [-0.2, -0.15) is 0 Å². The van der Waals surface area contributed by atoms with Crippen molar-refractivity contribution >= 4 is 22.5 Å². The van der Waals surface area contributed by atoms with Gasteiger partial charge in [-0.3, -0.25) is 14.5 Å². The van der Waals surface area contributed by atoms with Crippen LogP contribution in [0.4, 0.5) is 5.69 Å². The van der Waals surface area contributed by atoms with Gasteiger partial charge < -0.3 is 10.3 Å². The fourth-order valence-electron chi connectivity index (χ4n) is 2.81. The summed E-state index contributed by atoms with van der Waals surface area (Å²) in [5.41, 5.74) is 2.33. The van der Waals surface area contributed by atoms with Gasteiger partial charge in [0.1, 0.15) is 5.82 Å². The molecule has 3 aromatic rings. The molecule has 0 saturated carbocycles. The van der Waals surface area contributed by atoms with Crippen molar-refractivity contribution in [2.45, 2.75) is 20.4 Å². The second-order valence-corrected chi connectivity index (χ2v) is 6.20. The van der Waals surface area contributed by atoms with Gasteiger partial charge in [0, 0.05) is 5.69 Å². The van der Waals surface area contributed by atoms with Gasteiger partial charge >= 0.3 is 0 Å². The topological polar surface area (TPSA) is 78.1 Å². The van der Waals surface area contributed by atoms with Crippen molar-refractivity contribution in [1.29, 1.82) is 0 Å². The molecule has 1 heterocycles. The maximum Gasteiger partial charge on any atom is 0.258 e. The van der Waals surface area contributed by atoms with E-state index in [1.807, 2.05) is 61.2 Å². The smallest absolute Gasteiger partial charge is 0.258 e. The Morgan fingerprint density at radius 3 is 2.65 bits per heavy atom. The number of aryl methyl sites for hydroxylation is 1. The molecule has 0 atom stereocenters. The molecule has 0 unspecified atom stereocenters. The Kier molecular flexibility index (Phi) is 5.43. The number of nitrogens with zero attached hydrogens (tertiary/aromatic N) is 2. The second-order valence-electron chi connectivity index (χ2n) is 6.20. The van der Waals surface area contributed by atoms with E-state index in [0.29, 0.717) is 29.8 Å². The molecular formula is C20H22N4O2. The van der Waals surface area contributed by atoms with Gasteiger partial charge in [-0.05, 0) is 37.2 Å². The summed E-state index contributed by atoms with van der Waals surface area (Å²) in [7, 11) is 0. The molecule has 0 aliphatic heterocycles. The van der Waals surface area contributed by atoms with Crippen LogP contribution >= 0.6 is 0 Å². The number of benzene rings is 2. The summed E-state index contributed by atoms with van der Waals surface area (Å²) in [4.78, 5) is 33.8. The number of amides is 1. The highest BCUT2D eigenvalue weighted by molar-refractivity contribution is 5.92. The summed E-state index contributed by atoms with van der Waals surface area (Å²) >= 11 is 0. The van der Waals surface area contributed by atoms with Gasteiger partial charge in [0.2, 0.25) is 5.91 Å². The number of H-pyrrole nitrogens is 1. The number of rotatable bonds is 6. The van der Waals surface area contributed by atoms with Crippen molar-refractivity contribution in [1.82, 2.24) is 14.9 Å². The van der Waals surface area contributed by atoms with Gasteiger partial charge in [0.05, 0.1) is 24.0 Å². The van der Waals surface area contributed by atoms with E-state index >= 15 is 0 Å². The van der Waals surface area contributed by atoms with Crippen molar-refractivity contribution in [3.8, 4) is 0 Å². The maximum absolute atomic E-state index is 12.4. The lowest BCUT2D eigenvalue weighted by Gasteiger charge is -2.19. The van der Waals surface area contributed by atoms with Gasteiger partial charge in [-0.15, -0.1) is 0 Å². The van der Waals surface area contributed by atoms with Crippen molar-refractivity contribution < 1.29 is 4.79 Å². The van der Waals surface area contributed by atoms with E-state index in [4.69, 9.17) is 0 Å². The molecule has 0 spiro atoms. The third-order valence-electron chi connectivity index (χ3n) is 4.27. The number of aromatic nitrogens is 2. The molecule has 26 heavy (non-hydrogen) atoms. The molecule has 1 amide bonds. The SMILES string of the molecule is CCN(CC(=O)Nc1ccccc1C)Cc1nc2ccccc2c(=O)[nH]1. The van der Waals surface area contributed by atoms with Crippen LogP contribution < -0.4 is 10.9 Å². The fraction of sp³-hybridized carbons (Fsp3) is 0.250. The first-order valence-electron chi connectivity index (χ1n) is 8.62. The summed E-state index contributed by atoms with van der Waals surface area (Å²) in [5.74, 6) is 0.462. The Bertz CT molecular complexity index is 981. The summed E-state index contributed by atoms with van der Waals surface area (Å²) in [5, 5.41) is 3.50. The number of fused-ring (bicyclic) bond motifs is 1. The summed E-state index contributed by atoms with van der Waals surface area (Å²) in [6, 6.07) is 14.9. The summed E-state index contributed by atoms with van der Waals surface area (Å²) in [6.45, 7) is 5.22. The van der Waals surface area contributed by atoms with Crippen LogP contribution in [0.25, 0.3) is 10.9 Å².